The van der Waals surface area contributed by atoms with Crippen molar-refractivity contribution in [3.05, 3.63) is 97.0 Å². The number of nitrogens with one attached hydrogen (secondary N) is 1. The summed E-state index contributed by atoms with van der Waals surface area (Å²) in [6, 6.07) is 15.8. The Bertz CT molecular complexity index is 1740. The number of nitro benzene ring substituents is 1. The van der Waals surface area contributed by atoms with Gasteiger partial charge in [-0.25, -0.2) is 9.86 Å². The van der Waals surface area contributed by atoms with Gasteiger partial charge in [-0.1, -0.05) is 53.0 Å². The Labute approximate surface area is 318 Å². The third-order valence-electron chi connectivity index (χ3n) is 5.94. The van der Waals surface area contributed by atoms with Gasteiger partial charge in [-0.05, 0) is 60.6 Å². The van der Waals surface area contributed by atoms with E-state index >= 15 is 0 Å². The van der Waals surface area contributed by atoms with Gasteiger partial charge in [-0.2, -0.15) is 0 Å². The minimum absolute atomic E-state index is 0.00687. The number of ether oxygens (including phenoxy) is 2. The van der Waals surface area contributed by atoms with Crippen LogP contribution in [0, 0.1) is 15.5 Å². The highest BCUT2D eigenvalue weighted by molar-refractivity contribution is 7.94. The number of carboxylic acid groups (broad SMARTS) is 1. The van der Waals surface area contributed by atoms with Crippen molar-refractivity contribution in [2.24, 2.45) is 5.41 Å². The molecule has 3 N–H and O–H groups in total. The summed E-state index contributed by atoms with van der Waals surface area (Å²) in [5, 5.41) is 23.7. The molecular formula is C32H39Cl3N3O12PS. The summed E-state index contributed by atoms with van der Waals surface area (Å²) in [5.74, 6) is -1.49. The number of carbonyl (C=O) groups is 3. The lowest BCUT2D eigenvalue weighted by molar-refractivity contribution is -0.385. The first-order valence-corrected chi connectivity index (χ1v) is 20.0. The number of aliphatic carboxylic acids is 1. The van der Waals surface area contributed by atoms with Crippen LogP contribution in [-0.4, -0.2) is 83.1 Å². The molecule has 1 aliphatic rings. The second-order valence-corrected chi connectivity index (χ2v) is 16.8. The molecule has 0 aromatic heterocycles. The van der Waals surface area contributed by atoms with Crippen molar-refractivity contribution in [1.29, 1.82) is 0 Å². The van der Waals surface area contributed by atoms with E-state index < -0.39 is 42.7 Å². The first-order chi connectivity index (χ1) is 24.1. The summed E-state index contributed by atoms with van der Waals surface area (Å²) < 4.78 is 20.0. The van der Waals surface area contributed by atoms with Crippen molar-refractivity contribution in [2.45, 2.75) is 20.4 Å². The van der Waals surface area contributed by atoms with Gasteiger partial charge in [0.2, 0.25) is 0 Å². The molecule has 1 aliphatic heterocycles. The number of carboxylic acids is 1. The number of carbonyl (C=O) groups excluding carboxylic acids is 2. The fourth-order valence-electron chi connectivity index (χ4n) is 3.60. The third kappa shape index (κ3) is 17.4. The van der Waals surface area contributed by atoms with E-state index in [1.165, 1.54) is 23.3 Å². The maximum atomic E-state index is 11.9. The Morgan fingerprint density at radius 3 is 2.17 bits per heavy atom. The molecule has 1 amide bonds. The summed E-state index contributed by atoms with van der Waals surface area (Å²) in [7, 11) is -2.57. The minimum Gasteiger partial charge on any atom is -0.778 e. The summed E-state index contributed by atoms with van der Waals surface area (Å²) >= 11 is 17.8. The molecule has 3 aromatic carbocycles. The summed E-state index contributed by atoms with van der Waals surface area (Å²) in [6.07, 6.45) is 5.87. The van der Waals surface area contributed by atoms with Gasteiger partial charge >= 0.3 is 11.9 Å². The van der Waals surface area contributed by atoms with Crippen molar-refractivity contribution < 1.29 is 53.1 Å². The number of nitro groups is 1. The molecule has 3 aromatic rings. The van der Waals surface area contributed by atoms with Gasteiger partial charge in [0.1, 0.15) is 24.7 Å². The highest BCUT2D eigenvalue weighted by Crippen LogP contribution is 2.34. The van der Waals surface area contributed by atoms with Gasteiger partial charge in [0.05, 0.1) is 67.2 Å². The van der Waals surface area contributed by atoms with E-state index in [-0.39, 0.29) is 27.9 Å². The lowest BCUT2D eigenvalue weighted by Gasteiger charge is -2.16. The van der Waals surface area contributed by atoms with Crippen LogP contribution in [0.3, 0.4) is 0 Å². The Hall–Kier alpha value is -3.44. The molecule has 15 nitrogen and oxygen atoms in total. The quantitative estimate of drug-likeness (QED) is 0.0727. The first kappa shape index (κ1) is 46.6. The summed E-state index contributed by atoms with van der Waals surface area (Å²) in [6.45, 7) is 4.11. The van der Waals surface area contributed by atoms with Crippen molar-refractivity contribution in [1.82, 2.24) is 10.4 Å². The van der Waals surface area contributed by atoms with Gasteiger partial charge < -0.3 is 28.9 Å². The largest absolute Gasteiger partial charge is 0.778 e. The number of hydroxylamine groups is 2. The fraction of sp³-hybridized carbons (Fsp3) is 0.344. The molecule has 4 rings (SSSR count). The second-order valence-electron chi connectivity index (χ2n) is 11.5. The van der Waals surface area contributed by atoms with Gasteiger partial charge in [0, 0.05) is 22.2 Å². The van der Waals surface area contributed by atoms with Gasteiger partial charge in [-0.15, -0.1) is 0 Å². The van der Waals surface area contributed by atoms with E-state index in [0.29, 0.717) is 39.8 Å². The van der Waals surface area contributed by atoms with Crippen LogP contribution in [0.15, 0.2) is 60.7 Å². The van der Waals surface area contributed by atoms with Crippen molar-refractivity contribution in [2.75, 3.05) is 45.3 Å². The number of amides is 1. The van der Waals surface area contributed by atoms with Crippen LogP contribution in [0.4, 0.5) is 5.69 Å². The SMILES string of the molecule is CC1(C)CON(Cc2ccccc2Cl)C1=O.COC(=O)c1cc(Oc2ccc(Cl)cc2Cl)ccc1[N+](=O)[O-].C[S+](C)C.O=C(O)CNCP(=O)([O-])O. The molecule has 20 heteroatoms. The maximum absolute atomic E-state index is 11.9. The minimum atomic E-state index is -4.35. The zero-order valence-corrected chi connectivity index (χ0v) is 32.9. The Morgan fingerprint density at radius 2 is 1.69 bits per heavy atom. The third-order valence-corrected chi connectivity index (χ3v) is 7.46. The molecule has 1 saturated heterocycles. The molecule has 1 atom stereocenters. The van der Waals surface area contributed by atoms with Crippen molar-refractivity contribution in [3.63, 3.8) is 0 Å². The first-order valence-electron chi connectivity index (χ1n) is 14.7. The topological polar surface area (TPSA) is 218 Å². The Kier molecular flexibility index (Phi) is 19.6. The predicted octanol–water partition coefficient (Wildman–Crippen LogP) is 5.78. The van der Waals surface area contributed by atoms with Crippen LogP contribution < -0.4 is 14.9 Å². The highest BCUT2D eigenvalue weighted by Gasteiger charge is 2.40. The standard InChI is InChI=1S/C14H9Cl2NO5.C12H14ClNO2.C3H8NO5P.C3H9S/c1-21-14(18)10-7-9(3-4-12(10)17(19)20)22-13-5-2-8(15)6-11(13)16;1-12(2)8-16-14(11(12)15)7-9-5-3-4-6-10(9)13;5-3(6)1-4-2-10(7,8)9;1-4(2)3/h2-7H,1H3;3-6H,7-8H2,1-2H3;4H,1-2H2,(H,5,6)(H2,7,8,9);1-3H3/q;;;+1/p-1. The lowest BCUT2D eigenvalue weighted by atomic mass is 9.95. The highest BCUT2D eigenvalue weighted by atomic mass is 35.5. The van der Waals surface area contributed by atoms with E-state index in [1.807, 2.05) is 43.4 Å². The van der Waals surface area contributed by atoms with E-state index in [9.17, 15) is 34.0 Å². The maximum Gasteiger partial charge on any atom is 0.345 e. The van der Waals surface area contributed by atoms with Crippen LogP contribution in [0.1, 0.15) is 29.8 Å². The van der Waals surface area contributed by atoms with Crippen LogP contribution >= 0.6 is 42.4 Å². The molecule has 0 spiro atoms. The molecule has 286 valence electrons. The van der Waals surface area contributed by atoms with Gasteiger partial charge in [-0.3, -0.25) is 29.9 Å². The lowest BCUT2D eigenvalue weighted by Crippen LogP contribution is -2.30. The molecule has 0 aliphatic carbocycles. The Morgan fingerprint density at radius 1 is 1.08 bits per heavy atom. The van der Waals surface area contributed by atoms with E-state index in [0.717, 1.165) is 18.7 Å². The van der Waals surface area contributed by atoms with Crippen molar-refractivity contribution in [3.8, 4) is 11.5 Å². The number of nitrogens with zero attached hydrogens (tertiary/aromatic N) is 2. The number of halogens is 3. The second kappa shape index (κ2) is 21.9. The molecule has 0 bridgehead atoms. The number of rotatable bonds is 10. The van der Waals surface area contributed by atoms with Crippen LogP contribution in [0.25, 0.3) is 0 Å². The molecule has 1 fully saturated rings. The average Bonchev–Trinajstić information content (AvgIpc) is 3.29. The van der Waals surface area contributed by atoms with Crippen LogP contribution in [0.5, 0.6) is 11.5 Å². The van der Waals surface area contributed by atoms with E-state index in [4.69, 9.17) is 54.4 Å². The number of methoxy groups -OCH3 is 1. The van der Waals surface area contributed by atoms with Crippen LogP contribution in [-0.2, 0) is 41.2 Å². The van der Waals surface area contributed by atoms with Gasteiger partial charge in [0.15, 0.2) is 0 Å². The average molecular weight is 827 g/mol. The molecule has 1 heterocycles. The molecule has 0 saturated carbocycles. The predicted molar refractivity (Wildman–Crippen MR) is 198 cm³/mol. The van der Waals surface area contributed by atoms with Crippen molar-refractivity contribution >= 4 is 76.8 Å². The van der Waals surface area contributed by atoms with E-state index in [1.54, 1.807) is 12.1 Å². The number of benzene rings is 3. The number of hydrogen-bond acceptors (Lipinski definition) is 11. The monoisotopic (exact) mass is 825 g/mol. The normalized spacial score (nSPS) is 14.0. The summed E-state index contributed by atoms with van der Waals surface area (Å²) in [5.41, 5.74) is -0.118. The number of hydrogen-bond donors (Lipinski definition) is 3. The number of esters is 1. The molecule has 1 unspecified atom stereocenters. The zero-order valence-electron chi connectivity index (χ0n) is 29.0. The molecular weight excluding hydrogens is 788 g/mol. The van der Waals surface area contributed by atoms with E-state index in [2.05, 4.69) is 23.5 Å². The molecule has 0 radical (unpaired) electrons. The summed E-state index contributed by atoms with van der Waals surface area (Å²) in [4.78, 5) is 66.9. The fourth-order valence-corrected chi connectivity index (χ4v) is 4.63. The van der Waals surface area contributed by atoms with Gasteiger partial charge in [0.25, 0.3) is 11.6 Å². The molecule has 52 heavy (non-hydrogen) atoms. The smallest absolute Gasteiger partial charge is 0.345 e. The Balaban J connectivity index is 0.000000394. The zero-order chi connectivity index (χ0) is 39.8. The van der Waals surface area contributed by atoms with Crippen LogP contribution in [0.2, 0.25) is 15.1 Å².